The first-order chi connectivity index (χ1) is 18.4. The van der Waals surface area contributed by atoms with Gasteiger partial charge in [-0.25, -0.2) is 4.79 Å². The molecular formula is C30H38N4O5. The minimum absolute atomic E-state index is 0.0729. The number of carbonyl (C=O) groups is 4. The number of hydrogen-bond acceptors (Lipinski definition) is 5. The van der Waals surface area contributed by atoms with Crippen molar-refractivity contribution in [3.63, 3.8) is 0 Å². The Morgan fingerprint density at radius 3 is 2.31 bits per heavy atom. The smallest absolute Gasteiger partial charge is 0.408 e. The normalized spacial score (nSPS) is 12.4. The number of aryl methyl sites for hydroxylation is 1. The zero-order valence-electron chi connectivity index (χ0n) is 23.2. The van der Waals surface area contributed by atoms with Crippen LogP contribution in [0.4, 0.5) is 10.5 Å². The number of ether oxygens (including phenoxy) is 1. The molecule has 2 rings (SSSR count). The summed E-state index contributed by atoms with van der Waals surface area (Å²) in [5.74, 6) is 0.927. The van der Waals surface area contributed by atoms with Crippen molar-refractivity contribution in [3.8, 4) is 12.3 Å². The molecule has 0 heterocycles. The zero-order valence-corrected chi connectivity index (χ0v) is 23.2. The SMILES string of the molecule is C#Cc1ccccc1C(C(=O)Nc1ccccc1C)N(CCC)C(=O)C(CCC(N)=O)NC(=O)OC(C)(C)C. The van der Waals surface area contributed by atoms with Crippen LogP contribution in [0, 0.1) is 19.3 Å². The molecule has 9 heteroatoms. The number of primary amides is 1. The highest BCUT2D eigenvalue weighted by Crippen LogP contribution is 2.28. The average molecular weight is 535 g/mol. The van der Waals surface area contributed by atoms with Gasteiger partial charge in [0.25, 0.3) is 5.91 Å². The molecule has 4 amide bonds. The van der Waals surface area contributed by atoms with Crippen LogP contribution < -0.4 is 16.4 Å². The summed E-state index contributed by atoms with van der Waals surface area (Å²) < 4.78 is 5.34. The van der Waals surface area contributed by atoms with E-state index in [9.17, 15) is 19.2 Å². The van der Waals surface area contributed by atoms with Gasteiger partial charge in [-0.1, -0.05) is 49.2 Å². The Balaban J connectivity index is 2.57. The van der Waals surface area contributed by atoms with Crippen LogP contribution in [0.5, 0.6) is 0 Å². The van der Waals surface area contributed by atoms with Crippen LogP contribution >= 0.6 is 0 Å². The second-order valence-electron chi connectivity index (χ2n) is 10.2. The number of alkyl carbamates (subject to hydrolysis) is 1. The van der Waals surface area contributed by atoms with Crippen LogP contribution in [0.25, 0.3) is 0 Å². The van der Waals surface area contributed by atoms with Gasteiger partial charge >= 0.3 is 6.09 Å². The van der Waals surface area contributed by atoms with Gasteiger partial charge in [-0.2, -0.15) is 0 Å². The molecule has 4 N–H and O–H groups in total. The van der Waals surface area contributed by atoms with Gasteiger partial charge in [0.15, 0.2) is 0 Å². The van der Waals surface area contributed by atoms with E-state index in [1.807, 2.05) is 26.0 Å². The molecule has 0 bridgehead atoms. The van der Waals surface area contributed by atoms with Crippen LogP contribution in [0.2, 0.25) is 0 Å². The Labute approximate surface area is 230 Å². The number of rotatable bonds is 11. The molecule has 0 radical (unpaired) electrons. The molecule has 2 atom stereocenters. The van der Waals surface area contributed by atoms with Crippen LogP contribution in [0.1, 0.15) is 69.7 Å². The monoisotopic (exact) mass is 534 g/mol. The average Bonchev–Trinajstić information content (AvgIpc) is 2.86. The number of benzene rings is 2. The number of carbonyl (C=O) groups excluding carboxylic acids is 4. The molecule has 0 saturated heterocycles. The predicted octanol–water partition coefficient (Wildman–Crippen LogP) is 4.05. The van der Waals surface area contributed by atoms with E-state index in [4.69, 9.17) is 16.9 Å². The second-order valence-corrected chi connectivity index (χ2v) is 10.2. The molecule has 208 valence electrons. The third-order valence-electron chi connectivity index (χ3n) is 5.79. The van der Waals surface area contributed by atoms with Gasteiger partial charge < -0.3 is 26.0 Å². The van der Waals surface area contributed by atoms with Crippen molar-refractivity contribution in [2.45, 2.75) is 71.6 Å². The predicted molar refractivity (Wildman–Crippen MR) is 151 cm³/mol. The van der Waals surface area contributed by atoms with E-state index in [2.05, 4.69) is 16.6 Å². The summed E-state index contributed by atoms with van der Waals surface area (Å²) in [6.45, 7) is 8.98. The number of para-hydroxylation sites is 1. The molecule has 0 aromatic heterocycles. The maximum Gasteiger partial charge on any atom is 0.408 e. The molecule has 0 saturated carbocycles. The number of nitrogens with one attached hydrogen (secondary N) is 2. The second kappa shape index (κ2) is 14.0. The number of nitrogens with zero attached hydrogens (tertiary/aromatic N) is 1. The maximum absolute atomic E-state index is 14.1. The van der Waals surface area contributed by atoms with Crippen molar-refractivity contribution < 1.29 is 23.9 Å². The van der Waals surface area contributed by atoms with Crippen molar-refractivity contribution in [2.75, 3.05) is 11.9 Å². The Kier molecular flexibility index (Phi) is 11.1. The number of anilines is 1. The Bertz CT molecular complexity index is 1230. The molecule has 2 unspecified atom stereocenters. The fourth-order valence-corrected chi connectivity index (χ4v) is 4.03. The molecule has 0 aliphatic rings. The van der Waals surface area contributed by atoms with Crippen LogP contribution in [-0.4, -0.2) is 46.9 Å². The first-order valence-electron chi connectivity index (χ1n) is 12.9. The third kappa shape index (κ3) is 9.18. The molecular weight excluding hydrogens is 496 g/mol. The van der Waals surface area contributed by atoms with Crippen LogP contribution in [0.15, 0.2) is 48.5 Å². The van der Waals surface area contributed by atoms with Gasteiger partial charge in [0.1, 0.15) is 17.7 Å². The quantitative estimate of drug-likeness (QED) is 0.374. The molecule has 9 nitrogen and oxygen atoms in total. The zero-order chi connectivity index (χ0) is 29.2. The molecule has 0 aliphatic heterocycles. The van der Waals surface area contributed by atoms with Gasteiger partial charge in [0.2, 0.25) is 11.8 Å². The van der Waals surface area contributed by atoms with E-state index < -0.39 is 41.5 Å². The molecule has 2 aromatic rings. The van der Waals surface area contributed by atoms with Crippen molar-refractivity contribution in [3.05, 3.63) is 65.2 Å². The van der Waals surface area contributed by atoms with E-state index in [-0.39, 0.29) is 19.4 Å². The minimum atomic E-state index is -1.18. The van der Waals surface area contributed by atoms with Crippen molar-refractivity contribution >= 4 is 29.5 Å². The van der Waals surface area contributed by atoms with Gasteiger partial charge in [0.05, 0.1) is 0 Å². The van der Waals surface area contributed by atoms with Gasteiger partial charge in [0, 0.05) is 24.2 Å². The number of terminal acetylenes is 1. The lowest BCUT2D eigenvalue weighted by Crippen LogP contribution is -2.53. The molecule has 0 spiro atoms. The molecule has 0 fully saturated rings. The Morgan fingerprint density at radius 2 is 1.72 bits per heavy atom. The largest absolute Gasteiger partial charge is 0.444 e. The van der Waals surface area contributed by atoms with Gasteiger partial charge in [-0.3, -0.25) is 14.4 Å². The lowest BCUT2D eigenvalue weighted by atomic mass is 9.96. The third-order valence-corrected chi connectivity index (χ3v) is 5.79. The summed E-state index contributed by atoms with van der Waals surface area (Å²) in [6.07, 6.45) is 5.22. The number of amides is 4. The summed E-state index contributed by atoms with van der Waals surface area (Å²) in [5, 5.41) is 5.50. The highest BCUT2D eigenvalue weighted by Gasteiger charge is 2.37. The van der Waals surface area contributed by atoms with Crippen LogP contribution in [0.3, 0.4) is 0 Å². The highest BCUT2D eigenvalue weighted by molar-refractivity contribution is 5.99. The van der Waals surface area contributed by atoms with Crippen molar-refractivity contribution in [1.82, 2.24) is 10.2 Å². The van der Waals surface area contributed by atoms with Gasteiger partial charge in [-0.15, -0.1) is 6.42 Å². The first-order valence-corrected chi connectivity index (χ1v) is 12.9. The van der Waals surface area contributed by atoms with E-state index in [0.717, 1.165) is 5.56 Å². The minimum Gasteiger partial charge on any atom is -0.444 e. The lowest BCUT2D eigenvalue weighted by molar-refractivity contribution is -0.141. The number of nitrogens with two attached hydrogens (primary N) is 1. The fraction of sp³-hybridized carbons (Fsp3) is 0.400. The maximum atomic E-state index is 14.1. The summed E-state index contributed by atoms with van der Waals surface area (Å²) in [5.41, 5.74) is 6.88. The van der Waals surface area contributed by atoms with E-state index in [0.29, 0.717) is 23.2 Å². The van der Waals surface area contributed by atoms with E-state index in [1.165, 1.54) is 4.90 Å². The molecule has 0 aliphatic carbocycles. The summed E-state index contributed by atoms with van der Waals surface area (Å²) >= 11 is 0. The molecule has 39 heavy (non-hydrogen) atoms. The van der Waals surface area contributed by atoms with Crippen molar-refractivity contribution in [1.29, 1.82) is 0 Å². The Hall–Kier alpha value is -4.32. The summed E-state index contributed by atoms with van der Waals surface area (Å²) in [7, 11) is 0. The molecule has 2 aromatic carbocycles. The Morgan fingerprint density at radius 1 is 1.08 bits per heavy atom. The van der Waals surface area contributed by atoms with E-state index in [1.54, 1.807) is 57.2 Å². The highest BCUT2D eigenvalue weighted by atomic mass is 16.6. The van der Waals surface area contributed by atoms with Gasteiger partial charge in [-0.05, 0) is 63.8 Å². The first kappa shape index (κ1) is 30.9. The van der Waals surface area contributed by atoms with Crippen LogP contribution in [-0.2, 0) is 19.1 Å². The fourth-order valence-electron chi connectivity index (χ4n) is 4.03. The topological polar surface area (TPSA) is 131 Å². The summed E-state index contributed by atoms with van der Waals surface area (Å²) in [4.78, 5) is 53.5. The van der Waals surface area contributed by atoms with Crippen molar-refractivity contribution in [2.24, 2.45) is 5.73 Å². The standard InChI is InChI=1S/C30H38N4O5/c1-7-19-34(28(37)24(17-18-25(31)35)33-29(38)39-30(4,5)6)26(22-15-11-10-14-21(22)8-2)27(36)32-23-16-12-9-13-20(23)3/h2,9-16,24,26H,7,17-19H2,1,3-6H3,(H2,31,35)(H,32,36)(H,33,38). The lowest BCUT2D eigenvalue weighted by Gasteiger charge is -2.35. The van der Waals surface area contributed by atoms with E-state index >= 15 is 0 Å². The summed E-state index contributed by atoms with van der Waals surface area (Å²) in [6, 6.07) is 11.9. The number of hydrogen-bond donors (Lipinski definition) is 3.